The van der Waals surface area contributed by atoms with Gasteiger partial charge in [-0.2, -0.15) is 0 Å². The van der Waals surface area contributed by atoms with Gasteiger partial charge in [-0.05, 0) is 37.2 Å². The molecule has 0 unspecified atom stereocenters. The maximum Gasteiger partial charge on any atom is -0.0303 e. The van der Waals surface area contributed by atoms with Crippen molar-refractivity contribution < 1.29 is 0 Å². The summed E-state index contributed by atoms with van der Waals surface area (Å²) >= 11 is 0. The van der Waals surface area contributed by atoms with E-state index in [0.29, 0.717) is 7.92 Å². The highest BCUT2D eigenvalue weighted by atomic mass is 31.1. The number of unbranched alkanes of at least 4 members (excludes halogenated alkanes) is 10. The maximum atomic E-state index is 2.41. The zero-order valence-electron chi connectivity index (χ0n) is 15.6. The molecule has 0 atom stereocenters. The second-order valence-corrected chi connectivity index (χ2v) is 9.83. The molecule has 0 spiro atoms. The Kier molecular flexibility index (Phi) is 17.1. The van der Waals surface area contributed by atoms with Crippen LogP contribution in [0.4, 0.5) is 0 Å². The molecule has 0 nitrogen and oxygen atoms in total. The standard InChI is InChI=1S/C20H43P/c1-5-7-9-11-13-15-17-21(19-20(3)4)18-16-14-12-10-8-6-2/h20H,5-19H2,1-4H3. The van der Waals surface area contributed by atoms with E-state index in [1.807, 2.05) is 0 Å². The van der Waals surface area contributed by atoms with Crippen molar-refractivity contribution in [1.82, 2.24) is 0 Å². The summed E-state index contributed by atoms with van der Waals surface area (Å²) in [5, 5.41) is 0. The van der Waals surface area contributed by atoms with Crippen molar-refractivity contribution in [2.24, 2.45) is 5.92 Å². The molecular weight excluding hydrogens is 271 g/mol. The van der Waals surface area contributed by atoms with E-state index in [9.17, 15) is 0 Å². The van der Waals surface area contributed by atoms with E-state index in [-0.39, 0.29) is 0 Å². The van der Waals surface area contributed by atoms with Gasteiger partial charge in [-0.3, -0.25) is 0 Å². The fourth-order valence-electron chi connectivity index (χ4n) is 3.04. The van der Waals surface area contributed by atoms with Gasteiger partial charge in [-0.15, -0.1) is 7.92 Å². The largest absolute Gasteiger partial charge is 0.106 e. The van der Waals surface area contributed by atoms with Crippen LogP contribution in [0.1, 0.15) is 105 Å². The third kappa shape index (κ3) is 16.6. The molecule has 0 aromatic rings. The van der Waals surface area contributed by atoms with Crippen LogP contribution in [0, 0.1) is 5.92 Å². The van der Waals surface area contributed by atoms with Crippen LogP contribution in [-0.4, -0.2) is 18.5 Å². The van der Waals surface area contributed by atoms with E-state index >= 15 is 0 Å². The lowest BCUT2D eigenvalue weighted by molar-refractivity contribution is 0.620. The normalized spacial score (nSPS) is 11.7. The zero-order chi connectivity index (χ0) is 15.8. The number of hydrogen-bond acceptors (Lipinski definition) is 0. The lowest BCUT2D eigenvalue weighted by atomic mass is 10.1. The lowest BCUT2D eigenvalue weighted by Gasteiger charge is -2.20. The van der Waals surface area contributed by atoms with Gasteiger partial charge >= 0.3 is 0 Å². The van der Waals surface area contributed by atoms with E-state index in [2.05, 4.69) is 27.7 Å². The Morgan fingerprint density at radius 3 is 1.33 bits per heavy atom. The van der Waals surface area contributed by atoms with Gasteiger partial charge in [0.15, 0.2) is 0 Å². The molecule has 0 N–H and O–H groups in total. The summed E-state index contributed by atoms with van der Waals surface area (Å²) in [6, 6.07) is 0. The average Bonchev–Trinajstić information content (AvgIpc) is 2.45. The molecule has 0 aromatic heterocycles. The molecule has 0 saturated carbocycles. The Bertz CT molecular complexity index is 172. The van der Waals surface area contributed by atoms with Crippen molar-refractivity contribution in [2.75, 3.05) is 18.5 Å². The van der Waals surface area contributed by atoms with Crippen molar-refractivity contribution in [3.05, 3.63) is 0 Å². The molecule has 128 valence electrons. The minimum absolute atomic E-state index is 0.351. The Hall–Kier alpha value is 0.430. The quantitative estimate of drug-likeness (QED) is 0.201. The molecule has 0 radical (unpaired) electrons. The van der Waals surface area contributed by atoms with Crippen molar-refractivity contribution in [3.63, 3.8) is 0 Å². The first-order valence-corrected chi connectivity index (χ1v) is 11.8. The SMILES string of the molecule is CCCCCCCCP(CCCCCCCC)CC(C)C. The highest BCUT2D eigenvalue weighted by Crippen LogP contribution is 2.40. The molecule has 21 heavy (non-hydrogen) atoms. The van der Waals surface area contributed by atoms with Crippen LogP contribution in [0.25, 0.3) is 0 Å². The van der Waals surface area contributed by atoms with Gasteiger partial charge in [0.1, 0.15) is 0 Å². The van der Waals surface area contributed by atoms with Gasteiger partial charge < -0.3 is 0 Å². The molecular formula is C20H43P. The second kappa shape index (κ2) is 16.8. The predicted molar refractivity (Wildman–Crippen MR) is 103 cm³/mol. The summed E-state index contributed by atoms with van der Waals surface area (Å²) in [5.74, 6) is 0.913. The van der Waals surface area contributed by atoms with Crippen molar-refractivity contribution in [3.8, 4) is 0 Å². The van der Waals surface area contributed by atoms with Gasteiger partial charge in [0, 0.05) is 0 Å². The molecule has 0 bridgehead atoms. The first-order valence-electron chi connectivity index (χ1n) is 9.93. The Labute approximate surface area is 137 Å². The third-order valence-corrected chi connectivity index (χ3v) is 7.42. The molecule has 0 rings (SSSR count). The van der Waals surface area contributed by atoms with Gasteiger partial charge in [0.25, 0.3) is 0 Å². The zero-order valence-corrected chi connectivity index (χ0v) is 16.5. The lowest BCUT2D eigenvalue weighted by Crippen LogP contribution is -2.01. The summed E-state index contributed by atoms with van der Waals surface area (Å²) < 4.78 is 0. The van der Waals surface area contributed by atoms with Gasteiger partial charge in [0.2, 0.25) is 0 Å². The molecule has 0 aliphatic heterocycles. The van der Waals surface area contributed by atoms with Crippen LogP contribution >= 0.6 is 7.92 Å². The Morgan fingerprint density at radius 2 is 0.952 bits per heavy atom. The van der Waals surface area contributed by atoms with Crippen LogP contribution in [0.3, 0.4) is 0 Å². The highest BCUT2D eigenvalue weighted by Gasteiger charge is 2.09. The van der Waals surface area contributed by atoms with E-state index in [1.165, 1.54) is 83.2 Å². The van der Waals surface area contributed by atoms with E-state index in [1.54, 1.807) is 12.3 Å². The minimum Gasteiger partial charge on any atom is -0.106 e. The fraction of sp³-hybridized carbons (Fsp3) is 1.00. The van der Waals surface area contributed by atoms with Crippen LogP contribution < -0.4 is 0 Å². The van der Waals surface area contributed by atoms with E-state index in [4.69, 9.17) is 0 Å². The summed E-state index contributed by atoms with van der Waals surface area (Å²) in [7, 11) is 0.351. The van der Waals surface area contributed by atoms with Gasteiger partial charge in [0.05, 0.1) is 0 Å². The maximum absolute atomic E-state index is 2.41. The molecule has 0 aliphatic carbocycles. The highest BCUT2D eigenvalue weighted by molar-refractivity contribution is 7.57. The summed E-state index contributed by atoms with van der Waals surface area (Å²) in [6.45, 7) is 9.44. The molecule has 0 aliphatic rings. The first-order chi connectivity index (χ1) is 10.2. The first kappa shape index (κ1) is 21.4. The predicted octanol–water partition coefficient (Wildman–Crippen LogP) is 7.85. The summed E-state index contributed by atoms with van der Waals surface area (Å²) in [6.07, 6.45) is 22.2. The summed E-state index contributed by atoms with van der Waals surface area (Å²) in [4.78, 5) is 0. The molecule has 1 heteroatoms. The smallest absolute Gasteiger partial charge is 0.0303 e. The third-order valence-electron chi connectivity index (χ3n) is 4.28. The fourth-order valence-corrected chi connectivity index (χ4v) is 6.01. The number of rotatable bonds is 16. The van der Waals surface area contributed by atoms with Gasteiger partial charge in [-0.25, -0.2) is 0 Å². The molecule has 0 amide bonds. The molecule has 0 saturated heterocycles. The molecule has 0 heterocycles. The van der Waals surface area contributed by atoms with Crippen LogP contribution in [-0.2, 0) is 0 Å². The summed E-state index contributed by atoms with van der Waals surface area (Å²) in [5.41, 5.74) is 0. The van der Waals surface area contributed by atoms with Crippen LogP contribution in [0.5, 0.6) is 0 Å². The van der Waals surface area contributed by atoms with E-state index in [0.717, 1.165) is 5.92 Å². The molecule has 0 aromatic carbocycles. The van der Waals surface area contributed by atoms with Crippen molar-refractivity contribution in [2.45, 2.75) is 105 Å². The monoisotopic (exact) mass is 314 g/mol. The van der Waals surface area contributed by atoms with Crippen molar-refractivity contribution in [1.29, 1.82) is 0 Å². The Morgan fingerprint density at radius 1 is 0.571 bits per heavy atom. The van der Waals surface area contributed by atoms with Crippen LogP contribution in [0.2, 0.25) is 0 Å². The van der Waals surface area contributed by atoms with E-state index < -0.39 is 0 Å². The topological polar surface area (TPSA) is 0 Å². The van der Waals surface area contributed by atoms with Crippen molar-refractivity contribution >= 4 is 7.92 Å². The Balaban J connectivity index is 3.62. The molecule has 0 fully saturated rings. The average molecular weight is 315 g/mol. The van der Waals surface area contributed by atoms with Crippen LogP contribution in [0.15, 0.2) is 0 Å². The number of hydrogen-bond donors (Lipinski definition) is 0. The second-order valence-electron chi connectivity index (χ2n) is 7.23. The minimum atomic E-state index is 0.351. The van der Waals surface area contributed by atoms with Gasteiger partial charge in [-0.1, -0.05) is 91.9 Å².